The summed E-state index contributed by atoms with van der Waals surface area (Å²) in [6, 6.07) is 15.6. The van der Waals surface area contributed by atoms with Crippen molar-refractivity contribution < 1.29 is 9.53 Å². The van der Waals surface area contributed by atoms with E-state index in [2.05, 4.69) is 47.4 Å². The lowest BCUT2D eigenvalue weighted by molar-refractivity contribution is -0.0113. The number of likely N-dealkylation sites (N-methyl/N-ethyl adjacent to an activating group) is 1. The molecule has 0 saturated carbocycles. The van der Waals surface area contributed by atoms with Gasteiger partial charge >= 0.3 is 6.09 Å². The summed E-state index contributed by atoms with van der Waals surface area (Å²) in [7, 11) is 1.83. The number of ether oxygens (including phenoxy) is 1. The van der Waals surface area contributed by atoms with E-state index in [9.17, 15) is 4.79 Å². The lowest BCUT2D eigenvalue weighted by Crippen LogP contribution is -2.50. The number of piperidine rings is 1. The smallest absolute Gasteiger partial charge is 0.410 e. The maximum Gasteiger partial charge on any atom is 0.410 e. The third kappa shape index (κ3) is 2.60. The van der Waals surface area contributed by atoms with Crippen molar-refractivity contribution in [3.05, 3.63) is 59.2 Å². The second-order valence-corrected chi connectivity index (χ2v) is 8.05. The van der Waals surface area contributed by atoms with Crippen LogP contribution in [0.1, 0.15) is 29.5 Å². The van der Waals surface area contributed by atoms with Crippen molar-refractivity contribution in [3.8, 4) is 11.1 Å². The third-order valence-corrected chi connectivity index (χ3v) is 6.02. The van der Waals surface area contributed by atoms with Gasteiger partial charge < -0.3 is 9.64 Å². The largest absolute Gasteiger partial charge is 0.440 e. The highest BCUT2D eigenvalue weighted by Crippen LogP contribution is 2.37. The lowest BCUT2D eigenvalue weighted by Gasteiger charge is -2.38. The van der Waals surface area contributed by atoms with Crippen LogP contribution < -0.4 is 0 Å². The summed E-state index contributed by atoms with van der Waals surface area (Å²) < 4.78 is 5.73. The molecule has 1 spiro atoms. The standard InChI is InChI=1S/C22H24N2O2/c1-23-14-22(26-21(23)25)9-4-10-24(15-22)13-16-7-8-20-18(11-16)12-17-5-2-3-6-19(17)20/h2-3,5-8,11H,4,9-10,12-15H2,1H3/t22-/m0/s1. The van der Waals surface area contributed by atoms with Crippen molar-refractivity contribution >= 4 is 6.09 Å². The molecule has 2 fully saturated rings. The maximum absolute atomic E-state index is 11.8. The number of carbonyl (C=O) groups is 1. The topological polar surface area (TPSA) is 32.8 Å². The summed E-state index contributed by atoms with van der Waals surface area (Å²) in [5.74, 6) is 0. The van der Waals surface area contributed by atoms with E-state index < -0.39 is 0 Å². The summed E-state index contributed by atoms with van der Waals surface area (Å²) in [6.45, 7) is 3.54. The molecule has 2 aromatic carbocycles. The summed E-state index contributed by atoms with van der Waals surface area (Å²) in [4.78, 5) is 16.0. The zero-order valence-electron chi connectivity index (χ0n) is 15.2. The van der Waals surface area contributed by atoms with Crippen LogP contribution in [0.5, 0.6) is 0 Å². The predicted octanol–water partition coefficient (Wildman–Crippen LogP) is 3.67. The van der Waals surface area contributed by atoms with E-state index in [4.69, 9.17) is 4.74 Å². The Morgan fingerprint density at radius 3 is 2.77 bits per heavy atom. The molecular formula is C22H24N2O2. The molecule has 0 aromatic heterocycles. The molecule has 1 aliphatic carbocycles. The highest BCUT2D eigenvalue weighted by molar-refractivity contribution is 5.76. The zero-order valence-corrected chi connectivity index (χ0v) is 15.2. The summed E-state index contributed by atoms with van der Waals surface area (Å²) in [5.41, 5.74) is 6.67. The molecule has 2 saturated heterocycles. The van der Waals surface area contributed by atoms with Crippen LogP contribution in [-0.2, 0) is 17.7 Å². The van der Waals surface area contributed by atoms with E-state index >= 15 is 0 Å². The molecule has 5 rings (SSSR count). The minimum Gasteiger partial charge on any atom is -0.440 e. The first-order valence-corrected chi connectivity index (χ1v) is 9.48. The fourth-order valence-corrected chi connectivity index (χ4v) is 4.88. The maximum atomic E-state index is 11.8. The van der Waals surface area contributed by atoms with Gasteiger partial charge in [-0.25, -0.2) is 4.79 Å². The van der Waals surface area contributed by atoms with Crippen LogP contribution in [0.2, 0.25) is 0 Å². The van der Waals surface area contributed by atoms with E-state index in [0.717, 1.165) is 38.9 Å². The van der Waals surface area contributed by atoms with Gasteiger partial charge in [0.05, 0.1) is 6.54 Å². The molecule has 0 N–H and O–H groups in total. The van der Waals surface area contributed by atoms with E-state index in [1.165, 1.54) is 27.8 Å². The molecule has 2 aromatic rings. The number of rotatable bonds is 2. The highest BCUT2D eigenvalue weighted by atomic mass is 16.6. The fourth-order valence-electron chi connectivity index (χ4n) is 4.88. The molecule has 3 aliphatic rings. The number of carbonyl (C=O) groups excluding carboxylic acids is 1. The highest BCUT2D eigenvalue weighted by Gasteiger charge is 2.46. The Hall–Kier alpha value is -2.33. The van der Waals surface area contributed by atoms with Crippen LogP contribution in [0.15, 0.2) is 42.5 Å². The quantitative estimate of drug-likeness (QED) is 0.708. The Bertz CT molecular complexity index is 878. The Morgan fingerprint density at radius 1 is 1.08 bits per heavy atom. The molecular weight excluding hydrogens is 324 g/mol. The number of hydrogen-bond acceptors (Lipinski definition) is 3. The minimum atomic E-state index is -0.308. The fraction of sp³-hybridized carbons (Fsp3) is 0.409. The van der Waals surface area contributed by atoms with Crippen LogP contribution in [-0.4, -0.2) is 48.2 Å². The van der Waals surface area contributed by atoms with Gasteiger partial charge in [0.1, 0.15) is 5.60 Å². The van der Waals surface area contributed by atoms with Crippen molar-refractivity contribution in [1.29, 1.82) is 0 Å². The minimum absolute atomic E-state index is 0.179. The predicted molar refractivity (Wildman–Crippen MR) is 101 cm³/mol. The van der Waals surface area contributed by atoms with Gasteiger partial charge in [-0.2, -0.15) is 0 Å². The molecule has 1 amide bonds. The molecule has 0 unspecified atom stereocenters. The second-order valence-electron chi connectivity index (χ2n) is 8.05. The SMILES string of the molecule is CN1C[C@]2(CCCN(Cc3ccc4c(c3)Cc3ccccc3-4)C2)OC1=O. The molecule has 26 heavy (non-hydrogen) atoms. The first kappa shape index (κ1) is 15.9. The van der Waals surface area contributed by atoms with Gasteiger partial charge in [-0.15, -0.1) is 0 Å². The molecule has 134 valence electrons. The number of nitrogens with zero attached hydrogens (tertiary/aromatic N) is 2. The summed E-state index contributed by atoms with van der Waals surface area (Å²) in [6.07, 6.45) is 2.91. The van der Waals surface area contributed by atoms with E-state index in [1.807, 2.05) is 7.05 Å². The average molecular weight is 348 g/mol. The monoisotopic (exact) mass is 348 g/mol. The summed E-state index contributed by atoms with van der Waals surface area (Å²) >= 11 is 0. The van der Waals surface area contributed by atoms with E-state index in [-0.39, 0.29) is 11.7 Å². The molecule has 2 aliphatic heterocycles. The summed E-state index contributed by atoms with van der Waals surface area (Å²) in [5, 5.41) is 0. The van der Waals surface area contributed by atoms with E-state index in [1.54, 1.807) is 4.90 Å². The number of fused-ring (bicyclic) bond motifs is 3. The van der Waals surface area contributed by atoms with Gasteiger partial charge in [0, 0.05) is 20.1 Å². The van der Waals surface area contributed by atoms with Gasteiger partial charge in [-0.3, -0.25) is 4.90 Å². The zero-order chi connectivity index (χ0) is 17.7. The normalized spacial score (nSPS) is 24.7. The van der Waals surface area contributed by atoms with Gasteiger partial charge in [-0.1, -0.05) is 42.5 Å². The first-order chi connectivity index (χ1) is 12.6. The van der Waals surface area contributed by atoms with Gasteiger partial charge in [0.2, 0.25) is 0 Å². The lowest BCUT2D eigenvalue weighted by atomic mass is 9.92. The number of benzene rings is 2. The van der Waals surface area contributed by atoms with Crippen LogP contribution >= 0.6 is 0 Å². The van der Waals surface area contributed by atoms with Gasteiger partial charge in [0.15, 0.2) is 0 Å². The average Bonchev–Trinajstić information content (AvgIpc) is 3.11. The molecule has 0 radical (unpaired) electrons. The Labute approximate surface area is 154 Å². The number of amides is 1. The number of likely N-dealkylation sites (tertiary alicyclic amines) is 1. The van der Waals surface area contributed by atoms with Crippen molar-refractivity contribution in [1.82, 2.24) is 9.80 Å². The van der Waals surface area contributed by atoms with Crippen LogP contribution in [0.3, 0.4) is 0 Å². The molecule has 4 heteroatoms. The van der Waals surface area contributed by atoms with Crippen molar-refractivity contribution in [3.63, 3.8) is 0 Å². The second kappa shape index (κ2) is 5.85. The Morgan fingerprint density at radius 2 is 1.92 bits per heavy atom. The van der Waals surface area contributed by atoms with Gasteiger partial charge in [-0.05, 0) is 53.6 Å². The molecule has 2 heterocycles. The van der Waals surface area contributed by atoms with Crippen LogP contribution in [0, 0.1) is 0 Å². The van der Waals surface area contributed by atoms with Crippen molar-refractivity contribution in [2.75, 3.05) is 26.7 Å². The number of hydrogen-bond donors (Lipinski definition) is 0. The van der Waals surface area contributed by atoms with Crippen molar-refractivity contribution in [2.45, 2.75) is 31.4 Å². The Balaban J connectivity index is 1.33. The van der Waals surface area contributed by atoms with Crippen LogP contribution in [0.25, 0.3) is 11.1 Å². The molecule has 1 atom stereocenters. The van der Waals surface area contributed by atoms with Gasteiger partial charge in [0.25, 0.3) is 0 Å². The Kier molecular flexibility index (Phi) is 3.57. The third-order valence-electron chi connectivity index (χ3n) is 6.02. The van der Waals surface area contributed by atoms with Crippen molar-refractivity contribution in [2.24, 2.45) is 0 Å². The first-order valence-electron chi connectivity index (χ1n) is 9.48. The molecule has 0 bridgehead atoms. The molecule has 4 nitrogen and oxygen atoms in total. The van der Waals surface area contributed by atoms with E-state index in [0.29, 0.717) is 6.54 Å². The van der Waals surface area contributed by atoms with Crippen LogP contribution in [0.4, 0.5) is 4.79 Å².